The molecule has 86 valence electrons. The smallest absolute Gasteiger partial charge is 0.254 e. The number of hydrogen-bond donors (Lipinski definition) is 2. The molecule has 1 unspecified atom stereocenters. The van der Waals surface area contributed by atoms with Crippen molar-refractivity contribution in [1.29, 1.82) is 0 Å². The van der Waals surface area contributed by atoms with Crippen molar-refractivity contribution < 1.29 is 4.79 Å². The quantitative estimate of drug-likeness (QED) is 0.822. The molecule has 3 rings (SSSR count). The van der Waals surface area contributed by atoms with Crippen LogP contribution < -0.4 is 5.32 Å². The topological polar surface area (TPSA) is 57.8 Å². The van der Waals surface area contributed by atoms with Gasteiger partial charge in [0.25, 0.3) is 5.91 Å². The number of H-pyrrole nitrogens is 1. The Morgan fingerprint density at radius 2 is 2.29 bits per heavy atom. The minimum absolute atomic E-state index is 0.0690. The summed E-state index contributed by atoms with van der Waals surface area (Å²) >= 11 is 0. The van der Waals surface area contributed by atoms with Gasteiger partial charge in [-0.1, -0.05) is 24.3 Å². The standard InChI is InChI=1S/C13H13N3O/c17-13(10-7-14-15-8-10)16-12-6-5-9-3-1-2-4-11(9)12/h1-4,7-8,12H,5-6H2,(H,14,15)(H,16,17). The molecule has 1 heterocycles. The number of hydrogen-bond acceptors (Lipinski definition) is 2. The van der Waals surface area contributed by atoms with Crippen molar-refractivity contribution in [1.82, 2.24) is 15.5 Å². The molecule has 0 fully saturated rings. The number of nitrogens with zero attached hydrogens (tertiary/aromatic N) is 1. The lowest BCUT2D eigenvalue weighted by molar-refractivity contribution is 0.0937. The van der Waals surface area contributed by atoms with Gasteiger partial charge < -0.3 is 5.32 Å². The Labute approximate surface area is 99.1 Å². The van der Waals surface area contributed by atoms with E-state index >= 15 is 0 Å². The van der Waals surface area contributed by atoms with Crippen molar-refractivity contribution in [2.24, 2.45) is 0 Å². The van der Waals surface area contributed by atoms with Gasteiger partial charge in [-0.3, -0.25) is 9.89 Å². The molecule has 1 amide bonds. The molecule has 1 aromatic carbocycles. The monoisotopic (exact) mass is 227 g/mol. The number of aromatic amines is 1. The number of fused-ring (bicyclic) bond motifs is 1. The zero-order valence-electron chi connectivity index (χ0n) is 9.31. The van der Waals surface area contributed by atoms with Gasteiger partial charge in [-0.25, -0.2) is 0 Å². The van der Waals surface area contributed by atoms with Gasteiger partial charge in [0.2, 0.25) is 0 Å². The van der Waals surface area contributed by atoms with Crippen LogP contribution in [0.15, 0.2) is 36.7 Å². The lowest BCUT2D eigenvalue weighted by Crippen LogP contribution is -2.26. The number of benzene rings is 1. The Morgan fingerprint density at radius 1 is 1.41 bits per heavy atom. The van der Waals surface area contributed by atoms with Gasteiger partial charge in [0, 0.05) is 6.20 Å². The molecule has 1 aliphatic carbocycles. The van der Waals surface area contributed by atoms with Crippen LogP contribution in [-0.2, 0) is 6.42 Å². The molecule has 0 spiro atoms. The predicted octanol–water partition coefficient (Wildman–Crippen LogP) is 1.83. The van der Waals surface area contributed by atoms with E-state index in [-0.39, 0.29) is 11.9 Å². The third-order valence-electron chi connectivity index (χ3n) is 3.20. The summed E-state index contributed by atoms with van der Waals surface area (Å²) in [5, 5.41) is 9.46. The molecule has 2 aromatic rings. The van der Waals surface area contributed by atoms with E-state index in [0.29, 0.717) is 5.56 Å². The van der Waals surface area contributed by atoms with Crippen LogP contribution in [0.1, 0.15) is 33.9 Å². The highest BCUT2D eigenvalue weighted by Gasteiger charge is 2.23. The lowest BCUT2D eigenvalue weighted by Gasteiger charge is -2.13. The van der Waals surface area contributed by atoms with Crippen molar-refractivity contribution in [3.8, 4) is 0 Å². The fourth-order valence-corrected chi connectivity index (χ4v) is 2.32. The van der Waals surface area contributed by atoms with Crippen LogP contribution >= 0.6 is 0 Å². The summed E-state index contributed by atoms with van der Waals surface area (Å²) in [7, 11) is 0. The fraction of sp³-hybridized carbons (Fsp3) is 0.231. The molecule has 0 saturated carbocycles. The molecule has 2 N–H and O–H groups in total. The van der Waals surface area contributed by atoms with Gasteiger partial charge in [0.05, 0.1) is 17.8 Å². The molecular weight excluding hydrogens is 214 g/mol. The van der Waals surface area contributed by atoms with Crippen molar-refractivity contribution >= 4 is 5.91 Å². The van der Waals surface area contributed by atoms with Crippen LogP contribution in [0.3, 0.4) is 0 Å². The van der Waals surface area contributed by atoms with Crippen molar-refractivity contribution in [3.63, 3.8) is 0 Å². The van der Waals surface area contributed by atoms with Gasteiger partial charge in [-0.05, 0) is 24.0 Å². The van der Waals surface area contributed by atoms with Crippen molar-refractivity contribution in [2.75, 3.05) is 0 Å². The van der Waals surface area contributed by atoms with E-state index in [4.69, 9.17) is 0 Å². The normalized spacial score (nSPS) is 17.8. The first-order valence-electron chi connectivity index (χ1n) is 5.72. The molecule has 0 bridgehead atoms. The first kappa shape index (κ1) is 10.1. The summed E-state index contributed by atoms with van der Waals surface area (Å²) < 4.78 is 0. The van der Waals surface area contributed by atoms with Crippen LogP contribution in [0.4, 0.5) is 0 Å². The van der Waals surface area contributed by atoms with E-state index in [1.807, 2.05) is 12.1 Å². The number of carbonyl (C=O) groups excluding carboxylic acids is 1. The number of rotatable bonds is 2. The van der Waals surface area contributed by atoms with Crippen LogP contribution in [0.25, 0.3) is 0 Å². The van der Waals surface area contributed by atoms with Gasteiger partial charge in [-0.2, -0.15) is 5.10 Å². The summed E-state index contributed by atoms with van der Waals surface area (Å²) in [4.78, 5) is 11.9. The Hall–Kier alpha value is -2.10. The van der Waals surface area contributed by atoms with Gasteiger partial charge in [0.15, 0.2) is 0 Å². The molecular formula is C13H13N3O. The second kappa shape index (κ2) is 4.05. The highest BCUT2D eigenvalue weighted by Crippen LogP contribution is 2.30. The number of carbonyl (C=O) groups is 1. The van der Waals surface area contributed by atoms with Crippen molar-refractivity contribution in [3.05, 3.63) is 53.3 Å². The second-order valence-corrected chi connectivity index (χ2v) is 4.25. The first-order valence-corrected chi connectivity index (χ1v) is 5.72. The highest BCUT2D eigenvalue weighted by molar-refractivity contribution is 5.93. The molecule has 1 atom stereocenters. The Balaban J connectivity index is 1.78. The van der Waals surface area contributed by atoms with Crippen LogP contribution in [0, 0.1) is 0 Å². The van der Waals surface area contributed by atoms with Crippen molar-refractivity contribution in [2.45, 2.75) is 18.9 Å². The Bertz CT molecular complexity index is 533. The molecule has 0 radical (unpaired) electrons. The summed E-state index contributed by atoms with van der Waals surface area (Å²) in [5.41, 5.74) is 3.16. The Kier molecular flexibility index (Phi) is 2.40. The molecule has 4 nitrogen and oxygen atoms in total. The van der Waals surface area contributed by atoms with E-state index in [9.17, 15) is 4.79 Å². The average Bonchev–Trinajstić information content (AvgIpc) is 2.98. The average molecular weight is 227 g/mol. The molecule has 0 aliphatic heterocycles. The highest BCUT2D eigenvalue weighted by atomic mass is 16.1. The molecule has 1 aromatic heterocycles. The third-order valence-corrected chi connectivity index (χ3v) is 3.20. The maximum Gasteiger partial charge on any atom is 0.254 e. The van der Waals surface area contributed by atoms with E-state index in [1.54, 1.807) is 6.20 Å². The molecule has 4 heteroatoms. The largest absolute Gasteiger partial charge is 0.345 e. The SMILES string of the molecule is O=C(NC1CCc2ccccc21)c1cn[nH]c1. The zero-order chi connectivity index (χ0) is 11.7. The maximum absolute atomic E-state index is 11.9. The fourth-order valence-electron chi connectivity index (χ4n) is 2.32. The van der Waals surface area contributed by atoms with Crippen LogP contribution in [-0.4, -0.2) is 16.1 Å². The molecule has 1 aliphatic rings. The van der Waals surface area contributed by atoms with E-state index in [0.717, 1.165) is 12.8 Å². The molecule has 17 heavy (non-hydrogen) atoms. The lowest BCUT2D eigenvalue weighted by atomic mass is 10.1. The van der Waals surface area contributed by atoms with Gasteiger partial charge in [0.1, 0.15) is 0 Å². The van der Waals surface area contributed by atoms with Gasteiger partial charge >= 0.3 is 0 Å². The minimum atomic E-state index is -0.0690. The minimum Gasteiger partial charge on any atom is -0.345 e. The van der Waals surface area contributed by atoms with Crippen LogP contribution in [0.2, 0.25) is 0 Å². The maximum atomic E-state index is 11.9. The predicted molar refractivity (Wildman–Crippen MR) is 63.6 cm³/mol. The van der Waals surface area contributed by atoms with E-state index in [1.165, 1.54) is 17.3 Å². The third kappa shape index (κ3) is 1.82. The number of aryl methyl sites for hydroxylation is 1. The number of aromatic nitrogens is 2. The summed E-state index contributed by atoms with van der Waals surface area (Å²) in [6.07, 6.45) is 5.15. The zero-order valence-corrected chi connectivity index (χ0v) is 9.31. The van der Waals surface area contributed by atoms with E-state index < -0.39 is 0 Å². The summed E-state index contributed by atoms with van der Waals surface area (Å²) in [6.45, 7) is 0. The second-order valence-electron chi connectivity index (χ2n) is 4.25. The van der Waals surface area contributed by atoms with Gasteiger partial charge in [-0.15, -0.1) is 0 Å². The van der Waals surface area contributed by atoms with E-state index in [2.05, 4.69) is 27.6 Å². The number of nitrogens with one attached hydrogen (secondary N) is 2. The molecule has 0 saturated heterocycles. The first-order chi connectivity index (χ1) is 8.34. The summed E-state index contributed by atoms with van der Waals surface area (Å²) in [5.74, 6) is -0.0690. The number of amides is 1. The van der Waals surface area contributed by atoms with Crippen LogP contribution in [0.5, 0.6) is 0 Å². The summed E-state index contributed by atoms with van der Waals surface area (Å²) in [6, 6.07) is 8.40. The Morgan fingerprint density at radius 3 is 3.12 bits per heavy atom.